The molecule has 1 aliphatic carbocycles. The molecule has 113 valence electrons. The summed E-state index contributed by atoms with van der Waals surface area (Å²) in [6, 6.07) is 17.5. The quantitative estimate of drug-likeness (QED) is 0.402. The normalized spacial score (nSPS) is 15.7. The average Bonchev–Trinajstić information content (AvgIpc) is 2.84. The zero-order valence-electron chi connectivity index (χ0n) is 13.0. The van der Waals surface area contributed by atoms with Crippen LogP contribution in [-0.4, -0.2) is 8.80 Å². The maximum absolute atomic E-state index is 4.96. The van der Waals surface area contributed by atoms with Gasteiger partial charge in [-0.1, -0.05) is 73.3 Å². The molecule has 0 aliphatic heterocycles. The van der Waals surface area contributed by atoms with E-state index in [0.717, 1.165) is 0 Å². The summed E-state index contributed by atoms with van der Waals surface area (Å²) in [5, 5.41) is 0. The monoisotopic (exact) mass is 513 g/mol. The van der Waals surface area contributed by atoms with Crippen molar-refractivity contribution in [1.82, 2.24) is 0 Å². The second-order valence-electron chi connectivity index (χ2n) is 5.64. The predicted octanol–water partition coefficient (Wildman–Crippen LogP) is 6.52. The van der Waals surface area contributed by atoms with E-state index in [1.165, 1.54) is 27.8 Å². The van der Waals surface area contributed by atoms with E-state index in [9.17, 15) is 0 Å². The van der Waals surface area contributed by atoms with Crippen molar-refractivity contribution >= 4 is 32.0 Å². The van der Waals surface area contributed by atoms with E-state index in [0.29, 0.717) is 5.54 Å². The second-order valence-corrected chi connectivity index (χ2v) is 13.6. The molecule has 0 nitrogen and oxygen atoms in total. The minimum atomic E-state index is -0.972. The first kappa shape index (κ1) is 18.2. The molecule has 0 aromatic heterocycles. The molecular formula is C18H19Cl2HfSi. The van der Waals surface area contributed by atoms with Crippen LogP contribution in [0.15, 0.2) is 54.1 Å². The fourth-order valence-corrected chi connectivity index (χ4v) is 5.06. The number of halogens is 2. The van der Waals surface area contributed by atoms with Crippen molar-refractivity contribution < 1.29 is 20.5 Å². The zero-order valence-corrected chi connectivity index (χ0v) is 19.1. The van der Waals surface area contributed by atoms with Gasteiger partial charge in [-0.3, -0.25) is 0 Å². The molecule has 3 rings (SSSR count). The van der Waals surface area contributed by atoms with Gasteiger partial charge in [0.15, 0.2) is 0 Å². The van der Waals surface area contributed by atoms with E-state index in [1.54, 1.807) is 0 Å². The van der Waals surface area contributed by atoms with E-state index in [4.69, 9.17) is 17.2 Å². The van der Waals surface area contributed by atoms with Crippen molar-refractivity contribution in [2.24, 2.45) is 0 Å². The van der Waals surface area contributed by atoms with Gasteiger partial charge in [0.25, 0.3) is 0 Å². The summed E-state index contributed by atoms with van der Waals surface area (Å²) in [4.78, 5) is 0. The van der Waals surface area contributed by atoms with Gasteiger partial charge in [0, 0.05) is 0 Å². The van der Waals surface area contributed by atoms with Crippen LogP contribution in [0.2, 0.25) is 13.1 Å². The van der Waals surface area contributed by atoms with Gasteiger partial charge in [0.2, 0.25) is 0 Å². The Morgan fingerprint density at radius 3 is 2.18 bits per heavy atom. The van der Waals surface area contributed by atoms with Gasteiger partial charge in [-0.15, -0.1) is 0 Å². The first-order chi connectivity index (χ1) is 10.6. The summed E-state index contributed by atoms with van der Waals surface area (Å²) in [5.74, 6) is 0. The second kappa shape index (κ2) is 8.63. The molecular weight excluding hydrogens is 494 g/mol. The summed E-state index contributed by atoms with van der Waals surface area (Å²) in [5.41, 5.74) is 7.91. The summed E-state index contributed by atoms with van der Waals surface area (Å²) in [7, 11) is 9.58. The summed E-state index contributed by atoms with van der Waals surface area (Å²) in [6.45, 7) is 7.12. The Labute approximate surface area is 153 Å². The first-order valence-corrected chi connectivity index (χ1v) is 18.7. The molecule has 2 aromatic carbocycles. The Balaban J connectivity index is 0.000000545. The molecule has 0 spiro atoms. The van der Waals surface area contributed by atoms with Gasteiger partial charge < -0.3 is 0 Å². The summed E-state index contributed by atoms with van der Waals surface area (Å²) < 4.78 is 0. The molecule has 1 radical (unpaired) electrons. The molecule has 0 saturated carbocycles. The number of hydrogen-bond donors (Lipinski definition) is 0. The SMILES string of the molecule is CC1=Cc2c(-c3ccccc3)cccc2C1[Si](C)C.[Cl][Hf][Cl]. The van der Waals surface area contributed by atoms with Crippen LogP contribution in [-0.2, 0) is 20.5 Å². The van der Waals surface area contributed by atoms with Gasteiger partial charge >= 0.3 is 37.7 Å². The van der Waals surface area contributed by atoms with Crippen LogP contribution in [0.25, 0.3) is 17.2 Å². The minimum absolute atomic E-state index is 0.339. The fraction of sp³-hybridized carbons (Fsp3) is 0.222. The van der Waals surface area contributed by atoms with Crippen molar-refractivity contribution in [1.29, 1.82) is 0 Å². The molecule has 1 unspecified atom stereocenters. The number of benzene rings is 2. The summed E-state index contributed by atoms with van der Waals surface area (Å²) >= 11 is -0.972. The Kier molecular flexibility index (Phi) is 7.14. The molecule has 0 saturated heterocycles. The van der Waals surface area contributed by atoms with E-state index in [-0.39, 0.29) is 8.80 Å². The van der Waals surface area contributed by atoms with Gasteiger partial charge in [-0.2, -0.15) is 0 Å². The number of fused-ring (bicyclic) bond motifs is 1. The Morgan fingerprint density at radius 1 is 0.955 bits per heavy atom. The molecule has 0 bridgehead atoms. The van der Waals surface area contributed by atoms with Crippen molar-refractivity contribution in [3.63, 3.8) is 0 Å². The standard InChI is InChI=1S/C18H19Si.2ClH.Hf/c1-13-12-17-15(14-8-5-4-6-9-14)10-7-11-16(17)18(13)19(2)3;;;/h4-12,18H,1-3H3;2*1H;/q;;;+2/p-2. The van der Waals surface area contributed by atoms with Gasteiger partial charge in [0.1, 0.15) is 0 Å². The molecule has 0 heterocycles. The van der Waals surface area contributed by atoms with Crippen molar-refractivity contribution in [3.05, 3.63) is 65.2 Å². The van der Waals surface area contributed by atoms with Crippen LogP contribution in [0.5, 0.6) is 0 Å². The van der Waals surface area contributed by atoms with E-state index in [1.807, 2.05) is 0 Å². The molecule has 0 fully saturated rings. The third-order valence-corrected chi connectivity index (χ3v) is 5.86. The van der Waals surface area contributed by atoms with Crippen LogP contribution in [0.1, 0.15) is 23.6 Å². The molecule has 0 N–H and O–H groups in total. The molecule has 4 heteroatoms. The van der Waals surface area contributed by atoms with Gasteiger partial charge in [0.05, 0.1) is 8.80 Å². The van der Waals surface area contributed by atoms with E-state index >= 15 is 0 Å². The Hall–Kier alpha value is -0.153. The molecule has 1 aliphatic rings. The van der Waals surface area contributed by atoms with E-state index in [2.05, 4.69) is 74.6 Å². The Bertz CT molecular complexity index is 653. The topological polar surface area (TPSA) is 0 Å². The first-order valence-electron chi connectivity index (χ1n) is 7.23. The number of rotatable bonds is 2. The van der Waals surface area contributed by atoms with Crippen LogP contribution in [0.3, 0.4) is 0 Å². The van der Waals surface area contributed by atoms with Crippen LogP contribution >= 0.6 is 17.2 Å². The average molecular weight is 513 g/mol. The third kappa shape index (κ3) is 4.03. The molecule has 0 amide bonds. The van der Waals surface area contributed by atoms with Gasteiger partial charge in [-0.05, 0) is 34.7 Å². The predicted molar refractivity (Wildman–Crippen MR) is 97.5 cm³/mol. The van der Waals surface area contributed by atoms with E-state index < -0.39 is 20.5 Å². The molecule has 22 heavy (non-hydrogen) atoms. The van der Waals surface area contributed by atoms with Crippen molar-refractivity contribution in [2.45, 2.75) is 25.6 Å². The zero-order chi connectivity index (χ0) is 16.1. The Morgan fingerprint density at radius 2 is 1.59 bits per heavy atom. The van der Waals surface area contributed by atoms with Crippen LogP contribution in [0, 0.1) is 0 Å². The molecule has 1 atom stereocenters. The number of allylic oxidation sites excluding steroid dienone is 1. The number of hydrogen-bond acceptors (Lipinski definition) is 0. The maximum atomic E-state index is 4.96. The van der Waals surface area contributed by atoms with Crippen molar-refractivity contribution in [3.8, 4) is 11.1 Å². The summed E-state index contributed by atoms with van der Waals surface area (Å²) in [6.07, 6.45) is 2.40. The van der Waals surface area contributed by atoms with Gasteiger partial charge in [-0.25, -0.2) is 0 Å². The fourth-order valence-electron chi connectivity index (χ4n) is 3.19. The molecule has 2 aromatic rings. The van der Waals surface area contributed by atoms with Crippen molar-refractivity contribution in [2.75, 3.05) is 0 Å². The van der Waals surface area contributed by atoms with Crippen LogP contribution < -0.4 is 0 Å². The third-order valence-electron chi connectivity index (χ3n) is 3.94. The van der Waals surface area contributed by atoms with Crippen LogP contribution in [0.4, 0.5) is 0 Å².